The molecule has 1 aromatic rings. The molecule has 4 nitrogen and oxygen atoms in total. The minimum absolute atomic E-state index is 0.0313. The zero-order valence-electron chi connectivity index (χ0n) is 15.2. The molecule has 2 aliphatic rings. The van der Waals surface area contributed by atoms with Crippen molar-refractivity contribution in [1.82, 2.24) is 10.2 Å². The van der Waals surface area contributed by atoms with Gasteiger partial charge >= 0.3 is 6.03 Å². The lowest BCUT2D eigenvalue weighted by Gasteiger charge is -2.40. The van der Waals surface area contributed by atoms with Crippen LogP contribution >= 0.6 is 0 Å². The predicted octanol–water partition coefficient (Wildman–Crippen LogP) is 3.45. The summed E-state index contributed by atoms with van der Waals surface area (Å²) < 4.78 is 0. The maximum atomic E-state index is 12.5. The van der Waals surface area contributed by atoms with E-state index >= 15 is 0 Å². The van der Waals surface area contributed by atoms with E-state index in [1.807, 2.05) is 11.8 Å². The van der Waals surface area contributed by atoms with Gasteiger partial charge in [0.25, 0.3) is 0 Å². The van der Waals surface area contributed by atoms with Crippen molar-refractivity contribution in [3.05, 3.63) is 41.5 Å². The minimum atomic E-state index is 0.0313. The summed E-state index contributed by atoms with van der Waals surface area (Å²) in [6, 6.07) is 6.56. The maximum absolute atomic E-state index is 12.5. The molecule has 1 spiro atoms. The van der Waals surface area contributed by atoms with E-state index in [1.54, 1.807) is 0 Å². The van der Waals surface area contributed by atoms with Crippen LogP contribution in [0.15, 0.2) is 30.4 Å². The number of piperidine rings is 1. The summed E-state index contributed by atoms with van der Waals surface area (Å²) in [6.45, 7) is 14.8. The van der Waals surface area contributed by atoms with Gasteiger partial charge < -0.3 is 5.32 Å². The predicted molar refractivity (Wildman–Crippen MR) is 99.8 cm³/mol. The lowest BCUT2D eigenvalue weighted by molar-refractivity contribution is 0.177. The number of benzene rings is 1. The number of urea groups is 1. The molecule has 24 heavy (non-hydrogen) atoms. The van der Waals surface area contributed by atoms with Gasteiger partial charge in [-0.1, -0.05) is 29.8 Å². The number of amides is 2. The van der Waals surface area contributed by atoms with Crippen LogP contribution in [0, 0.1) is 6.92 Å². The monoisotopic (exact) mass is 327 g/mol. The Bertz CT molecular complexity index is 644. The van der Waals surface area contributed by atoms with Crippen molar-refractivity contribution in [2.75, 3.05) is 37.6 Å². The highest BCUT2D eigenvalue weighted by molar-refractivity contribution is 5.95. The SMILES string of the molecule is C=C(C)CN1CCC2(CC1)CN(C(=O)NCC)c1ccc(C)cc12. The summed E-state index contributed by atoms with van der Waals surface area (Å²) >= 11 is 0. The van der Waals surface area contributed by atoms with Gasteiger partial charge in [0.05, 0.1) is 0 Å². The minimum Gasteiger partial charge on any atom is -0.338 e. The molecular formula is C20H29N3O. The average molecular weight is 327 g/mol. The molecule has 0 bridgehead atoms. The molecular weight excluding hydrogens is 298 g/mol. The molecule has 0 aliphatic carbocycles. The summed E-state index contributed by atoms with van der Waals surface area (Å²) in [5, 5.41) is 2.96. The second kappa shape index (κ2) is 6.60. The van der Waals surface area contributed by atoms with Gasteiger partial charge in [0.1, 0.15) is 0 Å². The smallest absolute Gasteiger partial charge is 0.321 e. The fraction of sp³-hybridized carbons (Fsp3) is 0.550. The molecule has 1 saturated heterocycles. The second-order valence-electron chi connectivity index (χ2n) is 7.46. The van der Waals surface area contributed by atoms with Crippen LogP contribution in [0.1, 0.15) is 37.8 Å². The number of nitrogens with zero attached hydrogens (tertiary/aromatic N) is 2. The molecule has 0 unspecified atom stereocenters. The molecule has 0 aromatic heterocycles. The molecule has 130 valence electrons. The molecule has 1 N–H and O–H groups in total. The van der Waals surface area contributed by atoms with Gasteiger partial charge in [0, 0.05) is 30.7 Å². The number of anilines is 1. The first-order valence-electron chi connectivity index (χ1n) is 8.98. The highest BCUT2D eigenvalue weighted by atomic mass is 16.2. The summed E-state index contributed by atoms with van der Waals surface area (Å²) in [6.07, 6.45) is 2.21. The van der Waals surface area contributed by atoms with E-state index in [4.69, 9.17) is 0 Å². The quantitative estimate of drug-likeness (QED) is 0.863. The third-order valence-electron chi connectivity index (χ3n) is 5.35. The zero-order chi connectivity index (χ0) is 17.3. The third-order valence-corrected chi connectivity index (χ3v) is 5.35. The Balaban J connectivity index is 1.87. The highest BCUT2D eigenvalue weighted by Crippen LogP contribution is 2.47. The van der Waals surface area contributed by atoms with Gasteiger partial charge in [0.2, 0.25) is 0 Å². The van der Waals surface area contributed by atoms with Gasteiger partial charge in [-0.3, -0.25) is 9.80 Å². The lowest BCUT2D eigenvalue weighted by Crippen LogP contribution is -2.48. The average Bonchev–Trinajstić information content (AvgIpc) is 2.84. The molecule has 1 fully saturated rings. The van der Waals surface area contributed by atoms with Crippen LogP contribution in [-0.2, 0) is 5.41 Å². The largest absolute Gasteiger partial charge is 0.338 e. The van der Waals surface area contributed by atoms with Crippen LogP contribution in [-0.4, -0.2) is 43.7 Å². The second-order valence-corrected chi connectivity index (χ2v) is 7.46. The van der Waals surface area contributed by atoms with Crippen molar-refractivity contribution < 1.29 is 4.79 Å². The van der Waals surface area contributed by atoms with E-state index in [2.05, 4.69) is 48.8 Å². The van der Waals surface area contributed by atoms with Crippen molar-refractivity contribution in [3.63, 3.8) is 0 Å². The number of carbonyl (C=O) groups is 1. The van der Waals surface area contributed by atoms with E-state index in [9.17, 15) is 4.79 Å². The van der Waals surface area contributed by atoms with Crippen LogP contribution in [0.25, 0.3) is 0 Å². The molecule has 0 radical (unpaired) electrons. The van der Waals surface area contributed by atoms with Gasteiger partial charge in [-0.25, -0.2) is 4.79 Å². The number of hydrogen-bond acceptors (Lipinski definition) is 2. The van der Waals surface area contributed by atoms with Crippen molar-refractivity contribution in [2.45, 2.75) is 39.0 Å². The summed E-state index contributed by atoms with van der Waals surface area (Å²) in [4.78, 5) is 17.0. The van der Waals surface area contributed by atoms with Crippen molar-refractivity contribution in [2.24, 2.45) is 0 Å². The van der Waals surface area contributed by atoms with Crippen molar-refractivity contribution in [3.8, 4) is 0 Å². The molecule has 1 aromatic carbocycles. The van der Waals surface area contributed by atoms with Crippen LogP contribution in [0.5, 0.6) is 0 Å². The number of hydrogen-bond donors (Lipinski definition) is 1. The van der Waals surface area contributed by atoms with E-state index in [0.717, 1.165) is 44.7 Å². The first kappa shape index (κ1) is 17.0. The normalized spacial score (nSPS) is 19.4. The molecule has 3 rings (SSSR count). The molecule has 2 amide bonds. The standard InChI is InChI=1S/C20H29N3O/c1-5-21-19(24)23-14-20(17-12-16(4)6-7-18(17)23)8-10-22(11-9-20)13-15(2)3/h6-7,12H,2,5,8-11,13-14H2,1,3-4H3,(H,21,24). The van der Waals surface area contributed by atoms with Crippen LogP contribution in [0.4, 0.5) is 10.5 Å². The topological polar surface area (TPSA) is 35.6 Å². The van der Waals surface area contributed by atoms with Gasteiger partial charge in [-0.05, 0) is 58.3 Å². The molecule has 2 aliphatic heterocycles. The van der Waals surface area contributed by atoms with E-state index in [0.29, 0.717) is 6.54 Å². The summed E-state index contributed by atoms with van der Waals surface area (Å²) in [5.74, 6) is 0. The van der Waals surface area contributed by atoms with Crippen LogP contribution < -0.4 is 10.2 Å². The van der Waals surface area contributed by atoms with Gasteiger partial charge in [-0.15, -0.1) is 0 Å². The van der Waals surface area contributed by atoms with E-state index in [1.165, 1.54) is 16.7 Å². The number of aryl methyl sites for hydroxylation is 1. The lowest BCUT2D eigenvalue weighted by atomic mass is 9.74. The van der Waals surface area contributed by atoms with E-state index < -0.39 is 0 Å². The fourth-order valence-corrected chi connectivity index (χ4v) is 4.16. The van der Waals surface area contributed by atoms with Gasteiger partial charge in [-0.2, -0.15) is 0 Å². The first-order valence-corrected chi connectivity index (χ1v) is 8.98. The highest BCUT2D eigenvalue weighted by Gasteiger charge is 2.46. The number of carbonyl (C=O) groups excluding carboxylic acids is 1. The Morgan fingerprint density at radius 2 is 2.04 bits per heavy atom. The number of nitrogens with one attached hydrogen (secondary N) is 1. The third kappa shape index (κ3) is 3.07. The van der Waals surface area contributed by atoms with Crippen LogP contribution in [0.3, 0.4) is 0 Å². The number of likely N-dealkylation sites (tertiary alicyclic amines) is 1. The number of rotatable bonds is 3. The molecule has 0 atom stereocenters. The molecule has 2 heterocycles. The van der Waals surface area contributed by atoms with Crippen molar-refractivity contribution in [1.29, 1.82) is 0 Å². The Labute approximate surface area is 145 Å². The van der Waals surface area contributed by atoms with Crippen LogP contribution in [0.2, 0.25) is 0 Å². The summed E-state index contributed by atoms with van der Waals surface area (Å²) in [5.41, 5.74) is 5.06. The molecule has 4 heteroatoms. The Hall–Kier alpha value is -1.81. The first-order chi connectivity index (χ1) is 11.4. The van der Waals surface area contributed by atoms with Crippen molar-refractivity contribution >= 4 is 11.7 Å². The fourth-order valence-electron chi connectivity index (χ4n) is 4.16. The summed E-state index contributed by atoms with van der Waals surface area (Å²) in [7, 11) is 0. The Kier molecular flexibility index (Phi) is 4.68. The zero-order valence-corrected chi connectivity index (χ0v) is 15.2. The Morgan fingerprint density at radius 1 is 1.33 bits per heavy atom. The maximum Gasteiger partial charge on any atom is 0.321 e. The molecule has 0 saturated carbocycles. The van der Waals surface area contributed by atoms with E-state index in [-0.39, 0.29) is 11.4 Å². The van der Waals surface area contributed by atoms with Gasteiger partial charge in [0.15, 0.2) is 0 Å². The Morgan fingerprint density at radius 3 is 2.67 bits per heavy atom. The number of fused-ring (bicyclic) bond motifs is 2.